The smallest absolute Gasteiger partial charge is 0.306 e. The average Bonchev–Trinajstić information content (AvgIpc) is 3.34. The zero-order valence-corrected chi connectivity index (χ0v) is 45.7. The topological polar surface area (TPSA) is 95.9 Å². The van der Waals surface area contributed by atoms with Crippen LogP contribution in [-0.4, -0.2) is 46.9 Å². The van der Waals surface area contributed by atoms with Gasteiger partial charge in [-0.2, -0.15) is 0 Å². The lowest BCUT2D eigenvalue weighted by Gasteiger charge is -2.24. The van der Waals surface area contributed by atoms with Crippen molar-refractivity contribution in [1.29, 1.82) is 0 Å². The van der Waals surface area contributed by atoms with Crippen molar-refractivity contribution in [2.75, 3.05) is 6.61 Å². The van der Waals surface area contributed by atoms with Crippen LogP contribution in [0.5, 0.6) is 0 Å². The lowest BCUT2D eigenvalue weighted by Crippen LogP contribution is -2.46. The number of nitrogens with one attached hydrogen (secondary N) is 1. The minimum Gasteiger partial charge on any atom is -0.462 e. The van der Waals surface area contributed by atoms with Crippen molar-refractivity contribution in [2.45, 2.75) is 309 Å². The van der Waals surface area contributed by atoms with Gasteiger partial charge in [-0.15, -0.1) is 0 Å². The number of carbonyl (C=O) groups excluding carboxylic acids is 2. The summed E-state index contributed by atoms with van der Waals surface area (Å²) >= 11 is 0. The van der Waals surface area contributed by atoms with Gasteiger partial charge in [0.15, 0.2) is 0 Å². The predicted octanol–water partition coefficient (Wildman–Crippen LogP) is 18.5. The predicted molar refractivity (Wildman–Crippen MR) is 301 cm³/mol. The molecule has 0 aliphatic heterocycles. The molecule has 0 fully saturated rings. The Labute approximate surface area is 428 Å². The molecule has 400 valence electrons. The van der Waals surface area contributed by atoms with Gasteiger partial charge in [-0.05, 0) is 38.5 Å². The van der Waals surface area contributed by atoms with Gasteiger partial charge in [0.05, 0.1) is 25.2 Å². The van der Waals surface area contributed by atoms with E-state index in [2.05, 4.69) is 38.2 Å². The Morgan fingerprint density at radius 3 is 1.16 bits per heavy atom. The largest absolute Gasteiger partial charge is 0.462 e. The highest BCUT2D eigenvalue weighted by atomic mass is 16.5. The molecule has 69 heavy (non-hydrogen) atoms. The molecule has 6 nitrogen and oxygen atoms in total. The summed E-state index contributed by atoms with van der Waals surface area (Å²) in [6, 6.07) is -0.728. The minimum absolute atomic E-state index is 0.0270. The van der Waals surface area contributed by atoms with Gasteiger partial charge < -0.3 is 20.3 Å². The standard InChI is InChI=1S/C63H113NO5/c1-4-7-10-13-16-19-22-25-28-30-31-32-35-38-41-44-47-50-53-56-63(68)69-59(54-51-48-45-42-39-36-33-27-24-21-18-15-12-9-6-3)57-62(67)64-60(58-65)61(66)55-52-49-46-43-40-37-34-29-26-23-20-17-14-11-8-5-2/h9,12,15,18,21,24,27,33,36,39,42,45,59-61,65-66H,4-8,10-11,13-14,16-17,19-20,22-23,25-26,28-32,34-35,37-38,40-41,43-44,46-58H2,1-3H3,(H,64,67)/b12-9-,18-15+,24-21+,33-27-,39-36+,45-42+. The summed E-state index contributed by atoms with van der Waals surface area (Å²) in [5, 5.41) is 23.9. The van der Waals surface area contributed by atoms with Crippen LogP contribution in [-0.2, 0) is 14.3 Å². The fraction of sp³-hybridized carbons (Fsp3) is 0.778. The quantitative estimate of drug-likeness (QED) is 0.0321. The maximum atomic E-state index is 13.3. The van der Waals surface area contributed by atoms with Gasteiger partial charge in [0.2, 0.25) is 5.91 Å². The number of allylic oxidation sites excluding steroid dienone is 12. The highest BCUT2D eigenvalue weighted by Gasteiger charge is 2.24. The SMILES string of the molecule is CC\C=C/C=C/C=C/C=C\C=C\C=C\CCCC(CC(=O)NC(CO)C(O)CCCCCCCCCCCCCCCCCC)OC(=O)CCCCCCCCCCCCCCCCCCCCC. The van der Waals surface area contributed by atoms with E-state index in [4.69, 9.17) is 4.74 Å². The van der Waals surface area contributed by atoms with Crippen molar-refractivity contribution in [1.82, 2.24) is 5.32 Å². The highest BCUT2D eigenvalue weighted by Crippen LogP contribution is 2.18. The lowest BCUT2D eigenvalue weighted by molar-refractivity contribution is -0.151. The molecule has 0 bridgehead atoms. The Balaban J connectivity index is 4.60. The van der Waals surface area contributed by atoms with E-state index in [1.807, 2.05) is 60.8 Å². The lowest BCUT2D eigenvalue weighted by atomic mass is 10.0. The molecule has 0 aliphatic carbocycles. The second kappa shape index (κ2) is 56.2. The molecule has 0 aromatic carbocycles. The van der Waals surface area contributed by atoms with E-state index >= 15 is 0 Å². The third-order valence-corrected chi connectivity index (χ3v) is 13.5. The Morgan fingerprint density at radius 1 is 0.435 bits per heavy atom. The monoisotopic (exact) mass is 964 g/mol. The average molecular weight is 965 g/mol. The Hall–Kier alpha value is -2.70. The summed E-state index contributed by atoms with van der Waals surface area (Å²) in [4.78, 5) is 26.3. The van der Waals surface area contributed by atoms with E-state index in [0.29, 0.717) is 19.3 Å². The molecular formula is C63H113NO5. The molecule has 0 saturated carbocycles. The van der Waals surface area contributed by atoms with Crippen molar-refractivity contribution in [2.24, 2.45) is 0 Å². The fourth-order valence-electron chi connectivity index (χ4n) is 9.00. The molecule has 1 amide bonds. The molecular weight excluding hydrogens is 851 g/mol. The zero-order chi connectivity index (χ0) is 50.2. The second-order valence-electron chi connectivity index (χ2n) is 20.2. The summed E-state index contributed by atoms with van der Waals surface area (Å²) < 4.78 is 5.93. The first-order valence-electron chi connectivity index (χ1n) is 29.7. The van der Waals surface area contributed by atoms with E-state index in [0.717, 1.165) is 57.8 Å². The van der Waals surface area contributed by atoms with E-state index in [1.165, 1.54) is 186 Å². The number of unbranched alkanes of at least 4 members (excludes halogenated alkanes) is 34. The van der Waals surface area contributed by atoms with E-state index < -0.39 is 18.2 Å². The first-order chi connectivity index (χ1) is 34.0. The summed E-state index contributed by atoms with van der Waals surface area (Å²) in [5.41, 5.74) is 0. The molecule has 3 N–H and O–H groups in total. The van der Waals surface area contributed by atoms with Gasteiger partial charge in [0.25, 0.3) is 0 Å². The summed E-state index contributed by atoms with van der Waals surface area (Å²) in [7, 11) is 0. The van der Waals surface area contributed by atoms with Crippen LogP contribution in [0.3, 0.4) is 0 Å². The van der Waals surface area contributed by atoms with Crippen LogP contribution in [0.2, 0.25) is 0 Å². The van der Waals surface area contributed by atoms with Crippen molar-refractivity contribution in [3.8, 4) is 0 Å². The van der Waals surface area contributed by atoms with E-state index in [1.54, 1.807) is 0 Å². The second-order valence-corrected chi connectivity index (χ2v) is 20.2. The highest BCUT2D eigenvalue weighted by molar-refractivity contribution is 5.77. The van der Waals surface area contributed by atoms with E-state index in [9.17, 15) is 19.8 Å². The van der Waals surface area contributed by atoms with Gasteiger partial charge in [-0.25, -0.2) is 0 Å². The van der Waals surface area contributed by atoms with Gasteiger partial charge in [-0.1, -0.05) is 312 Å². The van der Waals surface area contributed by atoms with Crippen LogP contribution in [0.1, 0.15) is 290 Å². The first kappa shape index (κ1) is 66.3. The summed E-state index contributed by atoms with van der Waals surface area (Å²) in [5.74, 6) is -0.539. The van der Waals surface area contributed by atoms with Crippen LogP contribution in [0, 0.1) is 0 Å². The molecule has 0 aromatic heterocycles. The van der Waals surface area contributed by atoms with Crippen LogP contribution in [0.15, 0.2) is 72.9 Å². The van der Waals surface area contributed by atoms with Crippen molar-refractivity contribution >= 4 is 11.9 Å². The van der Waals surface area contributed by atoms with Crippen molar-refractivity contribution in [3.05, 3.63) is 72.9 Å². The number of esters is 1. The molecule has 3 unspecified atom stereocenters. The van der Waals surface area contributed by atoms with E-state index in [-0.39, 0.29) is 24.9 Å². The third-order valence-electron chi connectivity index (χ3n) is 13.5. The first-order valence-corrected chi connectivity index (χ1v) is 29.7. The van der Waals surface area contributed by atoms with Crippen molar-refractivity contribution < 1.29 is 24.5 Å². The molecule has 0 aromatic rings. The van der Waals surface area contributed by atoms with Crippen LogP contribution >= 0.6 is 0 Å². The Bertz CT molecular complexity index is 1270. The van der Waals surface area contributed by atoms with Crippen LogP contribution < -0.4 is 5.32 Å². The van der Waals surface area contributed by atoms with Gasteiger partial charge >= 0.3 is 5.97 Å². The summed E-state index contributed by atoms with van der Waals surface area (Å²) in [6.45, 7) is 6.35. The van der Waals surface area contributed by atoms with Gasteiger partial charge in [0, 0.05) is 6.42 Å². The molecule has 0 aliphatic rings. The molecule has 0 spiro atoms. The molecule has 0 rings (SSSR count). The Kier molecular flexibility index (Phi) is 54.0. The fourth-order valence-corrected chi connectivity index (χ4v) is 9.00. The van der Waals surface area contributed by atoms with Crippen molar-refractivity contribution in [3.63, 3.8) is 0 Å². The number of aliphatic hydroxyl groups excluding tert-OH is 2. The summed E-state index contributed by atoms with van der Waals surface area (Å²) in [6.07, 6.45) is 72.7. The third kappa shape index (κ3) is 51.5. The van der Waals surface area contributed by atoms with Gasteiger partial charge in [-0.3, -0.25) is 9.59 Å². The number of carbonyl (C=O) groups is 2. The molecule has 0 radical (unpaired) electrons. The number of rotatable bonds is 53. The Morgan fingerprint density at radius 2 is 0.783 bits per heavy atom. The molecule has 3 atom stereocenters. The number of hydrogen-bond donors (Lipinski definition) is 3. The number of amides is 1. The maximum Gasteiger partial charge on any atom is 0.306 e. The number of hydrogen-bond acceptors (Lipinski definition) is 5. The van der Waals surface area contributed by atoms with Crippen LogP contribution in [0.25, 0.3) is 0 Å². The van der Waals surface area contributed by atoms with Crippen LogP contribution in [0.4, 0.5) is 0 Å². The molecule has 0 heterocycles. The minimum atomic E-state index is -0.810. The maximum absolute atomic E-state index is 13.3. The number of aliphatic hydroxyl groups is 2. The zero-order valence-electron chi connectivity index (χ0n) is 45.7. The number of ether oxygens (including phenoxy) is 1. The molecule has 6 heteroatoms. The molecule has 0 saturated heterocycles. The normalized spacial score (nSPS) is 13.6. The van der Waals surface area contributed by atoms with Gasteiger partial charge in [0.1, 0.15) is 6.10 Å².